The maximum absolute atomic E-state index is 12.7. The molecule has 6 nitrogen and oxygen atoms in total. The molecule has 0 saturated carbocycles. The van der Waals surface area contributed by atoms with E-state index in [-0.39, 0.29) is 11.8 Å². The summed E-state index contributed by atoms with van der Waals surface area (Å²) in [5.41, 5.74) is 1.25. The number of carbonyl (C=O) groups is 2. The van der Waals surface area contributed by atoms with Crippen molar-refractivity contribution in [1.82, 2.24) is 9.88 Å². The maximum atomic E-state index is 12.7. The van der Waals surface area contributed by atoms with E-state index in [0.29, 0.717) is 30.8 Å². The number of benzene rings is 1. The minimum atomic E-state index is -0.0615. The molecule has 3 rings (SSSR count). The van der Waals surface area contributed by atoms with E-state index in [2.05, 4.69) is 15.2 Å². The zero-order valence-electron chi connectivity index (χ0n) is 14.3. The third-order valence-corrected chi connectivity index (χ3v) is 4.25. The van der Waals surface area contributed by atoms with E-state index >= 15 is 0 Å². The Morgan fingerprint density at radius 2 is 1.88 bits per heavy atom. The van der Waals surface area contributed by atoms with E-state index in [1.165, 1.54) is 0 Å². The molecule has 0 atom stereocenters. The number of rotatable bonds is 4. The second-order valence-electron chi connectivity index (χ2n) is 5.95. The van der Waals surface area contributed by atoms with Crippen molar-refractivity contribution < 1.29 is 9.59 Å². The molecule has 0 bridgehead atoms. The van der Waals surface area contributed by atoms with Crippen molar-refractivity contribution in [2.24, 2.45) is 0 Å². The third kappa shape index (κ3) is 4.15. The van der Waals surface area contributed by atoms with Crippen LogP contribution in [0.15, 0.2) is 48.7 Å². The van der Waals surface area contributed by atoms with E-state index in [1.54, 1.807) is 37.4 Å². The van der Waals surface area contributed by atoms with Gasteiger partial charge in [-0.15, -0.1) is 0 Å². The molecule has 1 aliphatic heterocycles. The standard InChI is InChI=1S/C19H22N4O2/c1-2-18(24)21-16-7-5-6-15(14-16)19(25)23-12-10-22(11-13-23)17-8-3-4-9-20-17/h3-9,14H,2,10-13H2,1H3,(H,21,24). The first kappa shape index (κ1) is 17.0. The molecule has 2 heterocycles. The van der Waals surface area contributed by atoms with E-state index in [4.69, 9.17) is 0 Å². The van der Waals surface area contributed by atoms with Crippen LogP contribution in [0.2, 0.25) is 0 Å². The lowest BCUT2D eigenvalue weighted by molar-refractivity contribution is -0.115. The van der Waals surface area contributed by atoms with Gasteiger partial charge in [-0.05, 0) is 30.3 Å². The van der Waals surface area contributed by atoms with Crippen LogP contribution in [0, 0.1) is 0 Å². The molecule has 1 N–H and O–H groups in total. The van der Waals surface area contributed by atoms with Crippen LogP contribution in [0.4, 0.5) is 11.5 Å². The predicted molar refractivity (Wildman–Crippen MR) is 97.7 cm³/mol. The number of hydrogen-bond donors (Lipinski definition) is 1. The Hall–Kier alpha value is -2.89. The first-order valence-corrected chi connectivity index (χ1v) is 8.52. The first-order chi connectivity index (χ1) is 12.2. The van der Waals surface area contributed by atoms with Gasteiger partial charge in [-0.1, -0.05) is 19.1 Å². The topological polar surface area (TPSA) is 65.5 Å². The summed E-state index contributed by atoms with van der Waals surface area (Å²) in [6.45, 7) is 4.62. The zero-order valence-corrected chi connectivity index (χ0v) is 14.3. The molecule has 130 valence electrons. The average Bonchev–Trinajstić information content (AvgIpc) is 2.68. The number of piperazine rings is 1. The van der Waals surface area contributed by atoms with Crippen molar-refractivity contribution >= 4 is 23.3 Å². The minimum absolute atomic E-state index is 0.00623. The molecule has 0 unspecified atom stereocenters. The lowest BCUT2D eigenvalue weighted by Gasteiger charge is -2.35. The number of hydrogen-bond acceptors (Lipinski definition) is 4. The summed E-state index contributed by atoms with van der Waals surface area (Å²) in [7, 11) is 0. The molecule has 1 fully saturated rings. The molecule has 0 radical (unpaired) electrons. The smallest absolute Gasteiger partial charge is 0.254 e. The summed E-state index contributed by atoms with van der Waals surface area (Å²) in [6.07, 6.45) is 2.19. The van der Waals surface area contributed by atoms with Gasteiger partial charge in [0.1, 0.15) is 5.82 Å². The van der Waals surface area contributed by atoms with Crippen molar-refractivity contribution in [3.63, 3.8) is 0 Å². The first-order valence-electron chi connectivity index (χ1n) is 8.52. The largest absolute Gasteiger partial charge is 0.353 e. The second-order valence-corrected chi connectivity index (χ2v) is 5.95. The normalized spacial score (nSPS) is 14.3. The number of nitrogens with one attached hydrogen (secondary N) is 1. The SMILES string of the molecule is CCC(=O)Nc1cccc(C(=O)N2CCN(c3ccccn3)CC2)c1. The van der Waals surface area contributed by atoms with E-state index < -0.39 is 0 Å². The number of amides is 2. The fourth-order valence-electron chi connectivity index (χ4n) is 2.84. The van der Waals surface area contributed by atoms with Crippen LogP contribution in [0.3, 0.4) is 0 Å². The van der Waals surface area contributed by atoms with Crippen molar-refractivity contribution in [1.29, 1.82) is 0 Å². The highest BCUT2D eigenvalue weighted by Crippen LogP contribution is 2.17. The van der Waals surface area contributed by atoms with Gasteiger partial charge < -0.3 is 15.1 Å². The summed E-state index contributed by atoms with van der Waals surface area (Å²) in [6, 6.07) is 13.0. The van der Waals surface area contributed by atoms with Crippen LogP contribution in [0.1, 0.15) is 23.7 Å². The fraction of sp³-hybridized carbons (Fsp3) is 0.316. The molecule has 6 heteroatoms. The van der Waals surface area contributed by atoms with Crippen molar-refractivity contribution in [2.75, 3.05) is 36.4 Å². The molecule has 25 heavy (non-hydrogen) atoms. The van der Waals surface area contributed by atoms with Crippen LogP contribution in [-0.4, -0.2) is 47.9 Å². The summed E-state index contributed by atoms with van der Waals surface area (Å²) in [5.74, 6) is 0.876. The highest BCUT2D eigenvalue weighted by atomic mass is 16.2. The Labute approximate surface area is 147 Å². The quantitative estimate of drug-likeness (QED) is 0.930. The van der Waals surface area contributed by atoms with Crippen LogP contribution in [-0.2, 0) is 4.79 Å². The van der Waals surface area contributed by atoms with Gasteiger partial charge >= 0.3 is 0 Å². The summed E-state index contributed by atoms with van der Waals surface area (Å²) < 4.78 is 0. The number of aromatic nitrogens is 1. The fourth-order valence-corrected chi connectivity index (χ4v) is 2.84. The summed E-state index contributed by atoms with van der Waals surface area (Å²) in [5, 5.41) is 2.79. The summed E-state index contributed by atoms with van der Waals surface area (Å²) >= 11 is 0. The molecule has 1 saturated heterocycles. The summed E-state index contributed by atoms with van der Waals surface area (Å²) in [4.78, 5) is 32.6. The number of carbonyl (C=O) groups excluding carboxylic acids is 2. The molecule has 0 spiro atoms. The molecule has 1 aromatic heterocycles. The molecule has 2 aromatic rings. The Bertz CT molecular complexity index is 740. The number of pyridine rings is 1. The van der Waals surface area contributed by atoms with Crippen molar-refractivity contribution in [3.8, 4) is 0 Å². The zero-order chi connectivity index (χ0) is 17.6. The van der Waals surface area contributed by atoms with Gasteiger partial charge in [0.15, 0.2) is 0 Å². The van der Waals surface area contributed by atoms with Gasteiger partial charge in [0.25, 0.3) is 5.91 Å². The van der Waals surface area contributed by atoms with Crippen LogP contribution >= 0.6 is 0 Å². The van der Waals surface area contributed by atoms with Crippen LogP contribution < -0.4 is 10.2 Å². The van der Waals surface area contributed by atoms with Crippen molar-refractivity contribution in [3.05, 3.63) is 54.2 Å². The molecular formula is C19H22N4O2. The molecule has 0 aliphatic carbocycles. The second kappa shape index (κ2) is 7.79. The molecule has 1 aromatic carbocycles. The average molecular weight is 338 g/mol. The Balaban J connectivity index is 1.63. The van der Waals surface area contributed by atoms with E-state index in [1.807, 2.05) is 23.1 Å². The Kier molecular flexibility index (Phi) is 5.28. The predicted octanol–water partition coefficient (Wildman–Crippen LogP) is 2.39. The van der Waals surface area contributed by atoms with Gasteiger partial charge in [0, 0.05) is 50.0 Å². The van der Waals surface area contributed by atoms with Gasteiger partial charge in [-0.2, -0.15) is 0 Å². The minimum Gasteiger partial charge on any atom is -0.353 e. The van der Waals surface area contributed by atoms with E-state index in [9.17, 15) is 9.59 Å². The Morgan fingerprint density at radius 1 is 1.08 bits per heavy atom. The van der Waals surface area contributed by atoms with Gasteiger partial charge in [0.2, 0.25) is 5.91 Å². The Morgan fingerprint density at radius 3 is 2.56 bits per heavy atom. The molecule has 1 aliphatic rings. The van der Waals surface area contributed by atoms with Crippen LogP contribution in [0.5, 0.6) is 0 Å². The molecular weight excluding hydrogens is 316 g/mol. The van der Waals surface area contributed by atoms with Gasteiger partial charge in [-0.3, -0.25) is 9.59 Å². The van der Waals surface area contributed by atoms with E-state index in [0.717, 1.165) is 18.9 Å². The van der Waals surface area contributed by atoms with Crippen LogP contribution in [0.25, 0.3) is 0 Å². The van der Waals surface area contributed by atoms with Gasteiger partial charge in [-0.25, -0.2) is 4.98 Å². The third-order valence-electron chi connectivity index (χ3n) is 4.25. The lowest BCUT2D eigenvalue weighted by Crippen LogP contribution is -2.49. The molecule has 2 amide bonds. The van der Waals surface area contributed by atoms with Gasteiger partial charge in [0.05, 0.1) is 0 Å². The van der Waals surface area contributed by atoms with Crippen molar-refractivity contribution in [2.45, 2.75) is 13.3 Å². The highest BCUT2D eigenvalue weighted by Gasteiger charge is 2.22. The monoisotopic (exact) mass is 338 g/mol. The highest BCUT2D eigenvalue weighted by molar-refractivity contribution is 5.97. The lowest BCUT2D eigenvalue weighted by atomic mass is 10.1. The maximum Gasteiger partial charge on any atom is 0.254 e. The number of anilines is 2. The number of nitrogens with zero attached hydrogens (tertiary/aromatic N) is 3.